The van der Waals surface area contributed by atoms with E-state index >= 15 is 0 Å². The maximum absolute atomic E-state index is 11.8. The van der Waals surface area contributed by atoms with Crippen molar-refractivity contribution in [3.8, 4) is 0 Å². The highest BCUT2D eigenvalue weighted by Crippen LogP contribution is 2.25. The number of nitrogens with zero attached hydrogens (tertiary/aromatic N) is 1. The summed E-state index contributed by atoms with van der Waals surface area (Å²) in [5, 5.41) is 12.0. The van der Waals surface area contributed by atoms with Crippen molar-refractivity contribution in [2.24, 2.45) is 0 Å². The van der Waals surface area contributed by atoms with Gasteiger partial charge in [0.1, 0.15) is 5.69 Å². The standard InChI is InChI=1S/C12H14N2O3S/c15-11(14-7-9-2-1-5-18-9)8-3-4-10(12(16)17)13-6-8/h3-4,6,9H,1-2,5,7H2,(H,14,15)(H,16,17). The summed E-state index contributed by atoms with van der Waals surface area (Å²) >= 11 is 1.88. The fourth-order valence-corrected chi connectivity index (χ4v) is 2.97. The second-order valence-electron chi connectivity index (χ2n) is 4.08. The molecule has 1 aromatic heterocycles. The average Bonchev–Trinajstić information content (AvgIpc) is 2.89. The lowest BCUT2D eigenvalue weighted by Crippen LogP contribution is -2.29. The van der Waals surface area contributed by atoms with Gasteiger partial charge in [-0.1, -0.05) is 0 Å². The first-order valence-electron chi connectivity index (χ1n) is 5.76. The minimum atomic E-state index is -1.09. The number of aromatic nitrogens is 1. The number of carbonyl (C=O) groups is 2. The van der Waals surface area contributed by atoms with Crippen molar-refractivity contribution >= 4 is 23.6 Å². The van der Waals surface area contributed by atoms with Crippen LogP contribution in [-0.4, -0.2) is 39.5 Å². The van der Waals surface area contributed by atoms with E-state index in [1.807, 2.05) is 11.8 Å². The molecule has 0 bridgehead atoms. The number of nitrogens with one attached hydrogen (secondary N) is 1. The number of rotatable bonds is 4. The van der Waals surface area contributed by atoms with E-state index in [0.29, 0.717) is 17.4 Å². The Hall–Kier alpha value is -1.56. The normalized spacial score (nSPS) is 18.6. The van der Waals surface area contributed by atoms with E-state index in [9.17, 15) is 9.59 Å². The Balaban J connectivity index is 1.89. The summed E-state index contributed by atoms with van der Waals surface area (Å²) in [6.45, 7) is 0.657. The highest BCUT2D eigenvalue weighted by molar-refractivity contribution is 8.00. The summed E-state index contributed by atoms with van der Waals surface area (Å²) in [6, 6.07) is 2.81. The second kappa shape index (κ2) is 5.86. The SMILES string of the molecule is O=C(NCC1CCCS1)c1ccc(C(=O)O)nc1. The smallest absolute Gasteiger partial charge is 0.354 e. The fraction of sp³-hybridized carbons (Fsp3) is 0.417. The number of carboxylic acid groups (broad SMARTS) is 1. The van der Waals surface area contributed by atoms with E-state index < -0.39 is 5.97 Å². The average molecular weight is 266 g/mol. The molecule has 1 saturated heterocycles. The number of amides is 1. The predicted molar refractivity (Wildman–Crippen MR) is 69.0 cm³/mol. The highest BCUT2D eigenvalue weighted by atomic mass is 32.2. The molecule has 2 rings (SSSR count). The molecule has 6 heteroatoms. The van der Waals surface area contributed by atoms with Crippen LogP contribution >= 0.6 is 11.8 Å². The van der Waals surface area contributed by atoms with Gasteiger partial charge in [0.05, 0.1) is 5.56 Å². The molecule has 0 aliphatic carbocycles. The van der Waals surface area contributed by atoms with Crippen LogP contribution < -0.4 is 5.32 Å². The van der Waals surface area contributed by atoms with E-state index in [1.165, 1.54) is 24.8 Å². The zero-order chi connectivity index (χ0) is 13.0. The van der Waals surface area contributed by atoms with Gasteiger partial charge in [0.2, 0.25) is 0 Å². The molecule has 5 nitrogen and oxygen atoms in total. The molecule has 0 spiro atoms. The molecule has 1 atom stereocenters. The number of hydrogen-bond acceptors (Lipinski definition) is 4. The minimum Gasteiger partial charge on any atom is -0.477 e. The lowest BCUT2D eigenvalue weighted by Gasteiger charge is -2.09. The summed E-state index contributed by atoms with van der Waals surface area (Å²) in [5.74, 6) is -0.133. The molecule has 1 amide bonds. The lowest BCUT2D eigenvalue weighted by molar-refractivity contribution is 0.0689. The Morgan fingerprint density at radius 3 is 2.89 bits per heavy atom. The molecule has 1 aliphatic heterocycles. The van der Waals surface area contributed by atoms with Crippen LogP contribution in [0.15, 0.2) is 18.3 Å². The Kier molecular flexibility index (Phi) is 4.19. The topological polar surface area (TPSA) is 79.3 Å². The molecular weight excluding hydrogens is 252 g/mol. The lowest BCUT2D eigenvalue weighted by atomic mass is 10.2. The third kappa shape index (κ3) is 3.22. The van der Waals surface area contributed by atoms with Gasteiger partial charge in [-0.05, 0) is 30.7 Å². The Morgan fingerprint density at radius 2 is 2.33 bits per heavy atom. The van der Waals surface area contributed by atoms with Gasteiger partial charge in [-0.25, -0.2) is 9.78 Å². The number of carbonyl (C=O) groups excluding carboxylic acids is 1. The van der Waals surface area contributed by atoms with Crippen LogP contribution in [0.3, 0.4) is 0 Å². The van der Waals surface area contributed by atoms with E-state index in [0.717, 1.165) is 12.2 Å². The number of thioether (sulfide) groups is 1. The molecule has 96 valence electrons. The third-order valence-electron chi connectivity index (χ3n) is 2.76. The first kappa shape index (κ1) is 12.9. The number of carboxylic acids is 1. The fourth-order valence-electron chi connectivity index (χ4n) is 1.77. The second-order valence-corrected chi connectivity index (χ2v) is 5.49. The van der Waals surface area contributed by atoms with Crippen LogP contribution in [-0.2, 0) is 0 Å². The number of pyridine rings is 1. The van der Waals surface area contributed by atoms with Gasteiger partial charge < -0.3 is 10.4 Å². The molecular formula is C12H14N2O3S. The number of hydrogen-bond donors (Lipinski definition) is 2. The summed E-state index contributed by atoms with van der Waals surface area (Å²) in [5.41, 5.74) is 0.334. The Labute approximate surface area is 109 Å². The zero-order valence-corrected chi connectivity index (χ0v) is 10.6. The quantitative estimate of drug-likeness (QED) is 0.861. The van der Waals surface area contributed by atoms with Crippen LogP contribution in [0.2, 0.25) is 0 Å². The maximum atomic E-state index is 11.8. The summed E-state index contributed by atoms with van der Waals surface area (Å²) in [4.78, 5) is 26.1. The first-order valence-corrected chi connectivity index (χ1v) is 6.81. The predicted octanol–water partition coefficient (Wildman–Crippen LogP) is 1.41. The van der Waals surface area contributed by atoms with Gasteiger partial charge >= 0.3 is 5.97 Å². The number of aromatic carboxylic acids is 1. The summed E-state index contributed by atoms with van der Waals surface area (Å²) < 4.78 is 0. The van der Waals surface area contributed by atoms with Crippen molar-refractivity contribution in [2.45, 2.75) is 18.1 Å². The van der Waals surface area contributed by atoms with Crippen molar-refractivity contribution in [1.29, 1.82) is 0 Å². The molecule has 2 N–H and O–H groups in total. The Morgan fingerprint density at radius 1 is 1.50 bits per heavy atom. The molecule has 18 heavy (non-hydrogen) atoms. The monoisotopic (exact) mass is 266 g/mol. The van der Waals surface area contributed by atoms with Gasteiger partial charge in [0.25, 0.3) is 5.91 Å². The van der Waals surface area contributed by atoms with Crippen molar-refractivity contribution in [1.82, 2.24) is 10.3 Å². The Bertz CT molecular complexity index is 441. The maximum Gasteiger partial charge on any atom is 0.354 e. The van der Waals surface area contributed by atoms with Crippen LogP contribution in [0.4, 0.5) is 0 Å². The van der Waals surface area contributed by atoms with Crippen LogP contribution in [0.1, 0.15) is 33.7 Å². The first-order chi connectivity index (χ1) is 8.66. The summed E-state index contributed by atoms with van der Waals surface area (Å²) in [6.07, 6.45) is 3.64. The van der Waals surface area contributed by atoms with Gasteiger partial charge in [-0.15, -0.1) is 0 Å². The van der Waals surface area contributed by atoms with Crippen LogP contribution in [0.5, 0.6) is 0 Å². The van der Waals surface area contributed by atoms with Crippen molar-refractivity contribution in [3.05, 3.63) is 29.6 Å². The minimum absolute atomic E-state index is 0.0575. The molecule has 2 heterocycles. The van der Waals surface area contributed by atoms with Gasteiger partial charge in [-0.2, -0.15) is 11.8 Å². The molecule has 0 saturated carbocycles. The third-order valence-corrected chi connectivity index (χ3v) is 4.16. The van der Waals surface area contributed by atoms with E-state index in [-0.39, 0.29) is 11.6 Å². The van der Waals surface area contributed by atoms with Crippen LogP contribution in [0.25, 0.3) is 0 Å². The van der Waals surface area contributed by atoms with E-state index in [4.69, 9.17) is 5.11 Å². The zero-order valence-electron chi connectivity index (χ0n) is 9.76. The van der Waals surface area contributed by atoms with Gasteiger partial charge in [0, 0.05) is 18.0 Å². The molecule has 1 aliphatic rings. The molecule has 0 radical (unpaired) electrons. The largest absolute Gasteiger partial charge is 0.477 e. The molecule has 1 aromatic rings. The molecule has 0 aromatic carbocycles. The van der Waals surface area contributed by atoms with E-state index in [1.54, 1.807) is 0 Å². The van der Waals surface area contributed by atoms with E-state index in [2.05, 4.69) is 10.3 Å². The summed E-state index contributed by atoms with van der Waals surface area (Å²) in [7, 11) is 0. The van der Waals surface area contributed by atoms with Crippen molar-refractivity contribution in [2.75, 3.05) is 12.3 Å². The van der Waals surface area contributed by atoms with Crippen molar-refractivity contribution in [3.63, 3.8) is 0 Å². The van der Waals surface area contributed by atoms with Gasteiger partial charge in [0.15, 0.2) is 0 Å². The highest BCUT2D eigenvalue weighted by Gasteiger charge is 2.17. The van der Waals surface area contributed by atoms with Gasteiger partial charge in [-0.3, -0.25) is 4.79 Å². The molecule has 1 unspecified atom stereocenters. The molecule has 1 fully saturated rings. The van der Waals surface area contributed by atoms with Crippen molar-refractivity contribution < 1.29 is 14.7 Å². The van der Waals surface area contributed by atoms with Crippen LogP contribution in [0, 0.1) is 0 Å².